The standard InChI is InChI=1S/C15H23NO2/c1-10(11(2)16-12-8-9-12)15-13(17-3)6-5-7-14(15)18-4/h5-7,10-12,16H,8-9H2,1-4H3. The Hall–Kier alpha value is -1.22. The van der Waals surface area contributed by atoms with Crippen molar-refractivity contribution < 1.29 is 9.47 Å². The van der Waals surface area contributed by atoms with Crippen LogP contribution in [-0.4, -0.2) is 26.3 Å². The number of ether oxygens (including phenoxy) is 2. The van der Waals surface area contributed by atoms with E-state index >= 15 is 0 Å². The Labute approximate surface area is 109 Å². The van der Waals surface area contributed by atoms with Gasteiger partial charge >= 0.3 is 0 Å². The second-order valence-corrected chi connectivity index (χ2v) is 5.09. The van der Waals surface area contributed by atoms with Gasteiger partial charge in [-0.1, -0.05) is 13.0 Å². The molecule has 0 amide bonds. The Bertz CT molecular complexity index is 379. The molecule has 0 saturated heterocycles. The van der Waals surface area contributed by atoms with Crippen molar-refractivity contribution >= 4 is 0 Å². The lowest BCUT2D eigenvalue weighted by molar-refractivity contribution is 0.368. The summed E-state index contributed by atoms with van der Waals surface area (Å²) >= 11 is 0. The van der Waals surface area contributed by atoms with Crippen molar-refractivity contribution in [2.75, 3.05) is 14.2 Å². The van der Waals surface area contributed by atoms with E-state index in [1.807, 2.05) is 18.2 Å². The zero-order valence-electron chi connectivity index (χ0n) is 11.7. The van der Waals surface area contributed by atoms with Crippen LogP contribution in [-0.2, 0) is 0 Å². The maximum Gasteiger partial charge on any atom is 0.126 e. The highest BCUT2D eigenvalue weighted by Gasteiger charge is 2.28. The molecule has 0 aliphatic heterocycles. The van der Waals surface area contributed by atoms with E-state index in [2.05, 4.69) is 19.2 Å². The topological polar surface area (TPSA) is 30.5 Å². The predicted octanol–water partition coefficient (Wildman–Crippen LogP) is 2.95. The molecule has 2 unspecified atom stereocenters. The van der Waals surface area contributed by atoms with E-state index in [0.29, 0.717) is 18.0 Å². The Kier molecular flexibility index (Phi) is 4.12. The Morgan fingerprint density at radius 2 is 1.67 bits per heavy atom. The Morgan fingerprint density at radius 3 is 2.11 bits per heavy atom. The number of rotatable bonds is 6. The molecule has 1 aromatic carbocycles. The number of benzene rings is 1. The molecule has 0 aromatic heterocycles. The summed E-state index contributed by atoms with van der Waals surface area (Å²) in [6, 6.07) is 7.09. The van der Waals surface area contributed by atoms with Crippen LogP contribution in [0.1, 0.15) is 38.2 Å². The van der Waals surface area contributed by atoms with E-state index < -0.39 is 0 Å². The van der Waals surface area contributed by atoms with E-state index in [0.717, 1.165) is 17.1 Å². The molecule has 2 rings (SSSR count). The molecule has 1 aliphatic rings. The van der Waals surface area contributed by atoms with Crippen LogP contribution in [0.5, 0.6) is 11.5 Å². The van der Waals surface area contributed by atoms with Crippen molar-refractivity contribution in [2.24, 2.45) is 0 Å². The van der Waals surface area contributed by atoms with Crippen LogP contribution in [0.25, 0.3) is 0 Å². The molecule has 1 aliphatic carbocycles. The zero-order chi connectivity index (χ0) is 13.1. The molecular weight excluding hydrogens is 226 g/mol. The maximum absolute atomic E-state index is 5.47. The van der Waals surface area contributed by atoms with Crippen LogP contribution in [0.4, 0.5) is 0 Å². The van der Waals surface area contributed by atoms with Crippen LogP contribution in [0.15, 0.2) is 18.2 Å². The van der Waals surface area contributed by atoms with Crippen LogP contribution in [0.2, 0.25) is 0 Å². The van der Waals surface area contributed by atoms with Gasteiger partial charge in [-0.3, -0.25) is 0 Å². The van der Waals surface area contributed by atoms with E-state index in [1.54, 1.807) is 14.2 Å². The molecule has 1 aromatic rings. The summed E-state index contributed by atoms with van der Waals surface area (Å²) in [6.07, 6.45) is 2.61. The van der Waals surface area contributed by atoms with Gasteiger partial charge in [-0.25, -0.2) is 0 Å². The average molecular weight is 249 g/mol. The van der Waals surface area contributed by atoms with Gasteiger partial charge < -0.3 is 14.8 Å². The summed E-state index contributed by atoms with van der Waals surface area (Å²) in [5, 5.41) is 3.64. The Morgan fingerprint density at radius 1 is 1.11 bits per heavy atom. The van der Waals surface area contributed by atoms with E-state index in [-0.39, 0.29) is 0 Å². The van der Waals surface area contributed by atoms with Crippen molar-refractivity contribution in [1.29, 1.82) is 0 Å². The average Bonchev–Trinajstić information content (AvgIpc) is 3.20. The minimum Gasteiger partial charge on any atom is -0.496 e. The van der Waals surface area contributed by atoms with Crippen molar-refractivity contribution in [3.05, 3.63) is 23.8 Å². The zero-order valence-corrected chi connectivity index (χ0v) is 11.7. The van der Waals surface area contributed by atoms with E-state index in [1.165, 1.54) is 12.8 Å². The highest BCUT2D eigenvalue weighted by molar-refractivity contribution is 5.47. The van der Waals surface area contributed by atoms with Crippen molar-refractivity contribution in [1.82, 2.24) is 5.32 Å². The fourth-order valence-electron chi connectivity index (χ4n) is 2.34. The molecule has 100 valence electrons. The lowest BCUT2D eigenvalue weighted by Crippen LogP contribution is -2.32. The second-order valence-electron chi connectivity index (χ2n) is 5.09. The molecule has 0 radical (unpaired) electrons. The van der Waals surface area contributed by atoms with Gasteiger partial charge in [0.1, 0.15) is 11.5 Å². The fraction of sp³-hybridized carbons (Fsp3) is 0.600. The first-order valence-corrected chi connectivity index (χ1v) is 6.64. The first-order valence-electron chi connectivity index (χ1n) is 6.64. The van der Waals surface area contributed by atoms with Gasteiger partial charge in [0.15, 0.2) is 0 Å². The van der Waals surface area contributed by atoms with Crippen LogP contribution in [0.3, 0.4) is 0 Å². The van der Waals surface area contributed by atoms with Gasteiger partial charge in [-0.15, -0.1) is 0 Å². The molecule has 0 bridgehead atoms. The molecule has 3 nitrogen and oxygen atoms in total. The number of methoxy groups -OCH3 is 2. The SMILES string of the molecule is COc1cccc(OC)c1C(C)C(C)NC1CC1. The minimum atomic E-state index is 0.358. The molecule has 0 spiro atoms. The maximum atomic E-state index is 5.47. The molecule has 1 N–H and O–H groups in total. The lowest BCUT2D eigenvalue weighted by atomic mass is 9.92. The number of hydrogen-bond acceptors (Lipinski definition) is 3. The number of hydrogen-bond donors (Lipinski definition) is 1. The molecule has 0 heterocycles. The highest BCUT2D eigenvalue weighted by atomic mass is 16.5. The first kappa shape index (κ1) is 13.2. The second kappa shape index (κ2) is 5.61. The summed E-state index contributed by atoms with van der Waals surface area (Å²) in [6.45, 7) is 4.45. The summed E-state index contributed by atoms with van der Waals surface area (Å²) in [5.41, 5.74) is 1.16. The number of nitrogens with one attached hydrogen (secondary N) is 1. The first-order chi connectivity index (χ1) is 8.67. The normalized spacial score (nSPS) is 18.2. The van der Waals surface area contributed by atoms with E-state index in [9.17, 15) is 0 Å². The summed E-state index contributed by atoms with van der Waals surface area (Å²) in [7, 11) is 3.42. The summed E-state index contributed by atoms with van der Waals surface area (Å²) in [4.78, 5) is 0. The highest BCUT2D eigenvalue weighted by Crippen LogP contribution is 2.37. The van der Waals surface area contributed by atoms with Crippen molar-refractivity contribution in [2.45, 2.75) is 44.7 Å². The fourth-order valence-corrected chi connectivity index (χ4v) is 2.34. The van der Waals surface area contributed by atoms with Gasteiger partial charge in [0.25, 0.3) is 0 Å². The summed E-state index contributed by atoms with van der Waals surface area (Å²) in [5.74, 6) is 2.18. The molecule has 2 atom stereocenters. The van der Waals surface area contributed by atoms with Gasteiger partial charge in [-0.05, 0) is 31.9 Å². The van der Waals surface area contributed by atoms with E-state index in [4.69, 9.17) is 9.47 Å². The van der Waals surface area contributed by atoms with Crippen molar-refractivity contribution in [3.63, 3.8) is 0 Å². The third kappa shape index (κ3) is 2.78. The minimum absolute atomic E-state index is 0.358. The monoisotopic (exact) mass is 249 g/mol. The van der Waals surface area contributed by atoms with Gasteiger partial charge in [0.05, 0.1) is 14.2 Å². The van der Waals surface area contributed by atoms with Crippen molar-refractivity contribution in [3.8, 4) is 11.5 Å². The molecule has 1 fully saturated rings. The molecule has 1 saturated carbocycles. The smallest absolute Gasteiger partial charge is 0.126 e. The van der Waals surface area contributed by atoms with Crippen LogP contribution in [0, 0.1) is 0 Å². The molecule has 3 heteroatoms. The third-order valence-corrected chi connectivity index (χ3v) is 3.75. The largest absolute Gasteiger partial charge is 0.496 e. The molecular formula is C15H23NO2. The Balaban J connectivity index is 2.23. The van der Waals surface area contributed by atoms with Gasteiger partial charge in [0.2, 0.25) is 0 Å². The third-order valence-electron chi connectivity index (χ3n) is 3.75. The molecule has 18 heavy (non-hydrogen) atoms. The van der Waals surface area contributed by atoms with Gasteiger partial charge in [-0.2, -0.15) is 0 Å². The van der Waals surface area contributed by atoms with Gasteiger partial charge in [0, 0.05) is 23.6 Å². The van der Waals surface area contributed by atoms with Crippen LogP contribution >= 0.6 is 0 Å². The lowest BCUT2D eigenvalue weighted by Gasteiger charge is -2.25. The summed E-state index contributed by atoms with van der Waals surface area (Å²) < 4.78 is 10.9. The van der Waals surface area contributed by atoms with Crippen LogP contribution < -0.4 is 14.8 Å². The predicted molar refractivity (Wildman–Crippen MR) is 73.6 cm³/mol. The quantitative estimate of drug-likeness (QED) is 0.841.